The fraction of sp³-hybridized carbons (Fsp3) is 0.867. The van der Waals surface area contributed by atoms with Crippen LogP contribution in [0.25, 0.3) is 0 Å². The Kier molecular flexibility index (Phi) is 5.33. The van der Waals surface area contributed by atoms with Gasteiger partial charge in [-0.25, -0.2) is 9.59 Å². The Hall–Kier alpha value is -1.50. The van der Waals surface area contributed by atoms with Crippen molar-refractivity contribution in [3.63, 3.8) is 0 Å². The molecule has 7 nitrogen and oxygen atoms in total. The molecule has 0 saturated carbocycles. The Bertz CT molecular complexity index is 425. The third-order valence-electron chi connectivity index (χ3n) is 3.09. The van der Waals surface area contributed by atoms with Gasteiger partial charge in [-0.1, -0.05) is 0 Å². The average Bonchev–Trinajstić information content (AvgIpc) is 2.65. The molecule has 1 aliphatic heterocycles. The van der Waals surface area contributed by atoms with Gasteiger partial charge in [0.05, 0.1) is 18.7 Å². The van der Waals surface area contributed by atoms with E-state index >= 15 is 0 Å². The highest BCUT2D eigenvalue weighted by Crippen LogP contribution is 2.20. The first kappa shape index (κ1) is 18.5. The second kappa shape index (κ2) is 6.32. The fourth-order valence-electron chi connectivity index (χ4n) is 2.09. The molecule has 1 N–H and O–H groups in total. The first-order valence-electron chi connectivity index (χ1n) is 7.42. The van der Waals surface area contributed by atoms with Crippen molar-refractivity contribution in [2.24, 2.45) is 0 Å². The number of likely N-dealkylation sites (tertiary alicyclic amines) is 1. The molecular weight excluding hydrogens is 288 g/mol. The van der Waals surface area contributed by atoms with Crippen LogP contribution >= 0.6 is 0 Å². The number of hydrogen-bond donors (Lipinski definition) is 1. The molecule has 0 unspecified atom stereocenters. The highest BCUT2D eigenvalue weighted by Gasteiger charge is 2.40. The van der Waals surface area contributed by atoms with Gasteiger partial charge in [0, 0.05) is 13.6 Å². The lowest BCUT2D eigenvalue weighted by Gasteiger charge is -2.29. The van der Waals surface area contributed by atoms with Crippen LogP contribution in [0.3, 0.4) is 0 Å². The summed E-state index contributed by atoms with van der Waals surface area (Å²) in [6, 6.07) is -0.512. The summed E-state index contributed by atoms with van der Waals surface area (Å²) < 4.78 is 10.6. The van der Waals surface area contributed by atoms with Crippen LogP contribution in [-0.2, 0) is 9.47 Å². The second-order valence-corrected chi connectivity index (χ2v) is 7.61. The van der Waals surface area contributed by atoms with Crippen LogP contribution in [0, 0.1) is 0 Å². The van der Waals surface area contributed by atoms with Crippen LogP contribution in [0.15, 0.2) is 0 Å². The number of aliphatic hydroxyl groups excluding tert-OH is 1. The number of aliphatic hydroxyl groups is 1. The SMILES string of the molecule is CN(C(=O)OC(C)(C)C)[C@@H]1CN(C(=O)OC(C)(C)C)C[C@H]1O. The highest BCUT2D eigenvalue weighted by molar-refractivity contribution is 5.70. The number of hydrogen-bond acceptors (Lipinski definition) is 5. The Morgan fingerprint density at radius 2 is 1.55 bits per heavy atom. The zero-order valence-corrected chi connectivity index (χ0v) is 14.5. The normalized spacial score (nSPS) is 22.5. The van der Waals surface area contributed by atoms with E-state index in [-0.39, 0.29) is 13.1 Å². The summed E-state index contributed by atoms with van der Waals surface area (Å²) in [4.78, 5) is 26.8. The molecule has 0 aromatic rings. The summed E-state index contributed by atoms with van der Waals surface area (Å²) in [5.74, 6) is 0. The second-order valence-electron chi connectivity index (χ2n) is 7.61. The summed E-state index contributed by atoms with van der Waals surface area (Å²) in [7, 11) is 1.56. The van der Waals surface area contributed by atoms with Gasteiger partial charge in [0.1, 0.15) is 11.2 Å². The molecule has 2 amide bonds. The third-order valence-corrected chi connectivity index (χ3v) is 3.09. The summed E-state index contributed by atoms with van der Waals surface area (Å²) in [5.41, 5.74) is -1.21. The maximum absolute atomic E-state index is 12.1. The minimum absolute atomic E-state index is 0.132. The smallest absolute Gasteiger partial charge is 0.410 e. The fourth-order valence-corrected chi connectivity index (χ4v) is 2.09. The molecule has 1 rings (SSSR count). The van der Waals surface area contributed by atoms with Gasteiger partial charge >= 0.3 is 12.2 Å². The van der Waals surface area contributed by atoms with Crippen molar-refractivity contribution in [2.45, 2.75) is 64.9 Å². The molecule has 0 aromatic carbocycles. The van der Waals surface area contributed by atoms with E-state index < -0.39 is 35.5 Å². The van der Waals surface area contributed by atoms with Crippen LogP contribution in [0.5, 0.6) is 0 Å². The molecule has 22 heavy (non-hydrogen) atoms. The van der Waals surface area contributed by atoms with Crippen LogP contribution < -0.4 is 0 Å². The third kappa shape index (κ3) is 5.36. The van der Waals surface area contributed by atoms with Crippen LogP contribution in [-0.4, -0.2) is 70.6 Å². The lowest BCUT2D eigenvalue weighted by molar-refractivity contribution is 0.0107. The van der Waals surface area contributed by atoms with Crippen molar-refractivity contribution in [1.29, 1.82) is 0 Å². The van der Waals surface area contributed by atoms with Crippen molar-refractivity contribution >= 4 is 12.2 Å². The van der Waals surface area contributed by atoms with Gasteiger partial charge < -0.3 is 24.4 Å². The maximum Gasteiger partial charge on any atom is 0.410 e. The summed E-state index contributed by atoms with van der Waals surface area (Å²) in [5, 5.41) is 10.1. The Morgan fingerprint density at radius 1 is 1.05 bits per heavy atom. The number of nitrogens with zero attached hydrogens (tertiary/aromatic N) is 2. The van der Waals surface area contributed by atoms with Crippen molar-refractivity contribution < 1.29 is 24.2 Å². The number of rotatable bonds is 1. The van der Waals surface area contributed by atoms with Crippen molar-refractivity contribution in [3.8, 4) is 0 Å². The molecule has 1 aliphatic rings. The molecule has 1 saturated heterocycles. The first-order chi connectivity index (χ1) is 9.80. The number of amides is 2. The lowest BCUT2D eigenvalue weighted by atomic mass is 10.2. The van der Waals surface area contributed by atoms with E-state index in [4.69, 9.17) is 9.47 Å². The number of β-amino-alcohol motifs (C(OH)–C–C–N with tert-alkyl or cyclic N) is 1. The van der Waals surface area contributed by atoms with Gasteiger partial charge in [0.25, 0.3) is 0 Å². The molecule has 1 fully saturated rings. The van der Waals surface area contributed by atoms with E-state index in [0.29, 0.717) is 0 Å². The van der Waals surface area contributed by atoms with Gasteiger partial charge in [0.15, 0.2) is 0 Å². The zero-order valence-electron chi connectivity index (χ0n) is 14.5. The van der Waals surface area contributed by atoms with Gasteiger partial charge in [-0.05, 0) is 41.5 Å². The van der Waals surface area contributed by atoms with Crippen LogP contribution in [0.1, 0.15) is 41.5 Å². The Labute approximate surface area is 132 Å². The van der Waals surface area contributed by atoms with Gasteiger partial charge in [-0.2, -0.15) is 0 Å². The monoisotopic (exact) mass is 316 g/mol. The first-order valence-corrected chi connectivity index (χ1v) is 7.42. The Balaban J connectivity index is 2.67. The molecule has 7 heteroatoms. The summed E-state index contributed by atoms with van der Waals surface area (Å²) in [6.45, 7) is 11.0. The number of likely N-dealkylation sites (N-methyl/N-ethyl adjacent to an activating group) is 1. The molecule has 0 aliphatic carbocycles. The maximum atomic E-state index is 12.1. The molecule has 0 radical (unpaired) electrons. The topological polar surface area (TPSA) is 79.3 Å². The van der Waals surface area contributed by atoms with E-state index in [9.17, 15) is 14.7 Å². The lowest BCUT2D eigenvalue weighted by Crippen LogP contribution is -2.46. The molecule has 0 bridgehead atoms. The number of ether oxygens (including phenoxy) is 2. The number of carbonyl (C=O) groups is 2. The molecule has 128 valence electrons. The van der Waals surface area contributed by atoms with Crippen LogP contribution in [0.2, 0.25) is 0 Å². The minimum Gasteiger partial charge on any atom is -0.444 e. The predicted octanol–water partition coefficient (Wildman–Crippen LogP) is 1.83. The van der Waals surface area contributed by atoms with Gasteiger partial charge in [0.2, 0.25) is 0 Å². The largest absolute Gasteiger partial charge is 0.444 e. The van der Waals surface area contributed by atoms with Gasteiger partial charge in [-0.3, -0.25) is 0 Å². The zero-order chi connectivity index (χ0) is 17.3. The Morgan fingerprint density at radius 3 is 2.00 bits per heavy atom. The van der Waals surface area contributed by atoms with E-state index in [2.05, 4.69) is 0 Å². The molecule has 1 heterocycles. The van der Waals surface area contributed by atoms with E-state index in [1.807, 2.05) is 0 Å². The minimum atomic E-state index is -0.829. The van der Waals surface area contributed by atoms with Gasteiger partial charge in [-0.15, -0.1) is 0 Å². The molecular formula is C15H28N2O5. The quantitative estimate of drug-likeness (QED) is 0.798. The van der Waals surface area contributed by atoms with E-state index in [1.165, 1.54) is 9.80 Å². The van der Waals surface area contributed by atoms with Crippen molar-refractivity contribution in [2.75, 3.05) is 20.1 Å². The molecule has 0 aromatic heterocycles. The predicted molar refractivity (Wildman–Crippen MR) is 81.6 cm³/mol. The molecule has 0 spiro atoms. The number of carbonyl (C=O) groups excluding carboxylic acids is 2. The van der Waals surface area contributed by atoms with Crippen molar-refractivity contribution in [3.05, 3.63) is 0 Å². The van der Waals surface area contributed by atoms with E-state index in [1.54, 1.807) is 48.6 Å². The molecule has 2 atom stereocenters. The van der Waals surface area contributed by atoms with E-state index in [0.717, 1.165) is 0 Å². The average molecular weight is 316 g/mol. The standard InChI is InChI=1S/C15H28N2O5/c1-14(2,3)21-12(19)16(7)10-8-17(9-11(10)18)13(20)22-15(4,5)6/h10-11,18H,8-9H2,1-7H3/t10-,11-/m1/s1. The van der Waals surface area contributed by atoms with Crippen LogP contribution in [0.4, 0.5) is 9.59 Å². The highest BCUT2D eigenvalue weighted by atomic mass is 16.6. The summed E-state index contributed by atoms with van der Waals surface area (Å²) >= 11 is 0. The van der Waals surface area contributed by atoms with Crippen molar-refractivity contribution in [1.82, 2.24) is 9.80 Å². The summed E-state index contributed by atoms with van der Waals surface area (Å²) in [6.07, 6.45) is -1.85.